The molecule has 3 heteroatoms. The lowest BCUT2D eigenvalue weighted by molar-refractivity contribution is 0.611. The Balaban J connectivity index is 2.15. The first-order chi connectivity index (χ1) is 10.2. The van der Waals surface area contributed by atoms with Crippen LogP contribution < -0.4 is 5.32 Å². The van der Waals surface area contributed by atoms with E-state index in [2.05, 4.69) is 17.4 Å². The lowest BCUT2D eigenvalue weighted by Crippen LogP contribution is -2.23. The van der Waals surface area contributed by atoms with E-state index >= 15 is 0 Å². The average molecular weight is 318 g/mol. The van der Waals surface area contributed by atoms with Gasteiger partial charge in [0.1, 0.15) is 0 Å². The van der Waals surface area contributed by atoms with E-state index in [1.807, 2.05) is 36.4 Å². The van der Waals surface area contributed by atoms with Crippen molar-refractivity contribution in [2.45, 2.75) is 12.8 Å². The van der Waals surface area contributed by atoms with Crippen LogP contribution in [0.25, 0.3) is 5.57 Å². The highest BCUT2D eigenvalue weighted by molar-refractivity contribution is 6.31. The minimum Gasteiger partial charge on any atom is -0.316 e. The molecule has 108 valence electrons. The van der Waals surface area contributed by atoms with E-state index < -0.39 is 0 Å². The molecule has 0 aromatic heterocycles. The molecule has 1 heterocycles. The predicted molar refractivity (Wildman–Crippen MR) is 91.0 cm³/mol. The Hall–Kier alpha value is -1.28. The molecule has 0 unspecified atom stereocenters. The molecule has 21 heavy (non-hydrogen) atoms. The maximum absolute atomic E-state index is 6.19. The van der Waals surface area contributed by atoms with Gasteiger partial charge in [-0.05, 0) is 66.9 Å². The summed E-state index contributed by atoms with van der Waals surface area (Å²) in [7, 11) is 0. The number of hydrogen-bond donors (Lipinski definition) is 1. The molecule has 2 aromatic rings. The molecule has 1 fully saturated rings. The van der Waals surface area contributed by atoms with Crippen LogP contribution in [0.2, 0.25) is 10.0 Å². The number of hydrogen-bond acceptors (Lipinski definition) is 1. The zero-order valence-electron chi connectivity index (χ0n) is 11.7. The molecule has 0 spiro atoms. The van der Waals surface area contributed by atoms with Gasteiger partial charge < -0.3 is 5.32 Å². The average Bonchev–Trinajstić information content (AvgIpc) is 2.49. The minimum absolute atomic E-state index is 0.765. The molecule has 0 amide bonds. The van der Waals surface area contributed by atoms with Gasteiger partial charge in [0.2, 0.25) is 0 Å². The molecule has 2 aromatic carbocycles. The Morgan fingerprint density at radius 3 is 1.81 bits per heavy atom. The van der Waals surface area contributed by atoms with Crippen molar-refractivity contribution in [3.8, 4) is 0 Å². The van der Waals surface area contributed by atoms with E-state index in [1.165, 1.54) is 22.3 Å². The summed E-state index contributed by atoms with van der Waals surface area (Å²) in [5.41, 5.74) is 5.09. The topological polar surface area (TPSA) is 12.0 Å². The fourth-order valence-corrected chi connectivity index (χ4v) is 3.22. The van der Waals surface area contributed by atoms with Crippen molar-refractivity contribution in [3.63, 3.8) is 0 Å². The first-order valence-electron chi connectivity index (χ1n) is 7.18. The Labute approximate surface area is 135 Å². The summed E-state index contributed by atoms with van der Waals surface area (Å²) in [6.45, 7) is 2.06. The van der Waals surface area contributed by atoms with Crippen molar-refractivity contribution in [3.05, 3.63) is 75.3 Å². The van der Waals surface area contributed by atoms with Crippen LogP contribution in [0.15, 0.2) is 54.1 Å². The van der Waals surface area contributed by atoms with Crippen molar-refractivity contribution in [2.24, 2.45) is 0 Å². The Morgan fingerprint density at radius 1 is 0.810 bits per heavy atom. The fraction of sp³-hybridized carbons (Fsp3) is 0.222. The standard InChI is InChI=1S/C18H17Cl2N/c19-16-5-1-3-14(11-16)18(13-7-9-21-10-8-13)15-4-2-6-17(20)12-15/h1-6,11-12,21H,7-10H2. The Kier molecular flexibility index (Phi) is 4.64. The molecule has 0 aliphatic carbocycles. The molecule has 3 rings (SSSR count). The second kappa shape index (κ2) is 6.65. The zero-order valence-corrected chi connectivity index (χ0v) is 13.2. The highest BCUT2D eigenvalue weighted by Gasteiger charge is 2.15. The van der Waals surface area contributed by atoms with Crippen molar-refractivity contribution in [1.29, 1.82) is 0 Å². The van der Waals surface area contributed by atoms with E-state index in [9.17, 15) is 0 Å². The van der Waals surface area contributed by atoms with Gasteiger partial charge in [0, 0.05) is 10.0 Å². The normalized spacial score (nSPS) is 15.0. The lowest BCUT2D eigenvalue weighted by atomic mass is 9.89. The molecule has 1 aliphatic heterocycles. The van der Waals surface area contributed by atoms with E-state index in [0.29, 0.717) is 0 Å². The first kappa shape index (κ1) is 14.6. The molecule has 0 radical (unpaired) electrons. The van der Waals surface area contributed by atoms with Gasteiger partial charge >= 0.3 is 0 Å². The number of nitrogens with one attached hydrogen (secondary N) is 1. The van der Waals surface area contributed by atoms with Crippen LogP contribution in [-0.4, -0.2) is 13.1 Å². The predicted octanol–water partition coefficient (Wildman–Crippen LogP) is 5.18. The number of halogens is 2. The molecule has 0 saturated carbocycles. The van der Waals surface area contributed by atoms with Gasteiger partial charge in [-0.2, -0.15) is 0 Å². The van der Waals surface area contributed by atoms with Gasteiger partial charge in [-0.3, -0.25) is 0 Å². The molecular weight excluding hydrogens is 301 g/mol. The van der Waals surface area contributed by atoms with Crippen LogP contribution >= 0.6 is 23.2 Å². The Morgan fingerprint density at radius 2 is 1.33 bits per heavy atom. The van der Waals surface area contributed by atoms with Crippen LogP contribution in [0.1, 0.15) is 24.0 Å². The third kappa shape index (κ3) is 3.49. The van der Waals surface area contributed by atoms with Crippen LogP contribution in [0, 0.1) is 0 Å². The summed E-state index contributed by atoms with van der Waals surface area (Å²) in [6.07, 6.45) is 2.13. The minimum atomic E-state index is 0.765. The molecule has 1 aliphatic rings. The lowest BCUT2D eigenvalue weighted by Gasteiger charge is -2.21. The van der Waals surface area contributed by atoms with Crippen molar-refractivity contribution < 1.29 is 0 Å². The van der Waals surface area contributed by atoms with Gasteiger partial charge in [0.25, 0.3) is 0 Å². The van der Waals surface area contributed by atoms with Crippen LogP contribution in [0.5, 0.6) is 0 Å². The molecule has 1 N–H and O–H groups in total. The molecular formula is C18H17Cl2N. The van der Waals surface area contributed by atoms with Crippen molar-refractivity contribution >= 4 is 28.8 Å². The second-order valence-corrected chi connectivity index (χ2v) is 6.12. The summed E-state index contributed by atoms with van der Waals surface area (Å²) in [6, 6.07) is 16.1. The highest BCUT2D eigenvalue weighted by atomic mass is 35.5. The van der Waals surface area contributed by atoms with Crippen molar-refractivity contribution in [2.75, 3.05) is 13.1 Å². The summed E-state index contributed by atoms with van der Waals surface area (Å²) in [5, 5.41) is 4.94. The highest BCUT2D eigenvalue weighted by Crippen LogP contribution is 2.33. The monoisotopic (exact) mass is 317 g/mol. The van der Waals surface area contributed by atoms with E-state index in [0.717, 1.165) is 36.0 Å². The molecule has 0 bridgehead atoms. The Bertz CT molecular complexity index is 621. The van der Waals surface area contributed by atoms with E-state index in [1.54, 1.807) is 0 Å². The summed E-state index contributed by atoms with van der Waals surface area (Å²) < 4.78 is 0. The largest absolute Gasteiger partial charge is 0.316 e. The van der Waals surface area contributed by atoms with E-state index in [-0.39, 0.29) is 0 Å². The quantitative estimate of drug-likeness (QED) is 0.804. The van der Waals surface area contributed by atoms with Crippen molar-refractivity contribution in [1.82, 2.24) is 5.32 Å². The maximum atomic E-state index is 6.19. The van der Waals surface area contributed by atoms with Gasteiger partial charge in [-0.15, -0.1) is 0 Å². The molecule has 1 saturated heterocycles. The molecule has 1 nitrogen and oxygen atoms in total. The van der Waals surface area contributed by atoms with E-state index in [4.69, 9.17) is 23.2 Å². The summed E-state index contributed by atoms with van der Waals surface area (Å²) in [5.74, 6) is 0. The first-order valence-corrected chi connectivity index (χ1v) is 7.94. The SMILES string of the molecule is Clc1cccc(C(=C2CCNCC2)c2cccc(Cl)c2)c1. The maximum Gasteiger partial charge on any atom is 0.0412 e. The van der Waals surface area contributed by atoms with Gasteiger partial charge in [-0.25, -0.2) is 0 Å². The molecule has 0 atom stereocenters. The third-order valence-electron chi connectivity index (χ3n) is 3.79. The third-order valence-corrected chi connectivity index (χ3v) is 4.26. The summed E-state index contributed by atoms with van der Waals surface area (Å²) >= 11 is 12.4. The summed E-state index contributed by atoms with van der Waals surface area (Å²) in [4.78, 5) is 0. The smallest absolute Gasteiger partial charge is 0.0412 e. The van der Waals surface area contributed by atoms with Gasteiger partial charge in [0.15, 0.2) is 0 Å². The second-order valence-electron chi connectivity index (χ2n) is 5.25. The number of rotatable bonds is 2. The van der Waals surface area contributed by atoms with Gasteiger partial charge in [0.05, 0.1) is 0 Å². The number of benzene rings is 2. The number of piperidine rings is 1. The fourth-order valence-electron chi connectivity index (χ4n) is 2.84. The van der Waals surface area contributed by atoms with Gasteiger partial charge in [-0.1, -0.05) is 53.0 Å². The van der Waals surface area contributed by atoms with Crippen LogP contribution in [-0.2, 0) is 0 Å². The zero-order chi connectivity index (χ0) is 14.7. The van der Waals surface area contributed by atoms with Crippen LogP contribution in [0.3, 0.4) is 0 Å². The van der Waals surface area contributed by atoms with Crippen LogP contribution in [0.4, 0.5) is 0 Å².